The Morgan fingerprint density at radius 2 is 0.643 bits per heavy atom. The number of hydrogen-bond donors (Lipinski definition) is 0. The molecule has 0 aromatic rings. The molecule has 0 heterocycles. The first-order chi connectivity index (χ1) is 27.5. The minimum absolute atomic E-state index is 0.0781. The van der Waals surface area contributed by atoms with Crippen molar-refractivity contribution in [2.45, 2.75) is 252 Å². The van der Waals surface area contributed by atoms with Crippen LogP contribution in [0.25, 0.3) is 0 Å². The summed E-state index contributed by atoms with van der Waals surface area (Å²) >= 11 is 0. The number of carbonyl (C=O) groups excluding carboxylic acids is 3. The summed E-state index contributed by atoms with van der Waals surface area (Å²) in [6, 6.07) is 0. The molecule has 0 saturated carbocycles. The van der Waals surface area contributed by atoms with Crippen molar-refractivity contribution in [3.8, 4) is 0 Å². The Morgan fingerprint density at radius 1 is 0.357 bits per heavy atom. The van der Waals surface area contributed by atoms with E-state index < -0.39 is 6.10 Å². The van der Waals surface area contributed by atoms with E-state index >= 15 is 0 Å². The minimum atomic E-state index is -0.773. The van der Waals surface area contributed by atoms with Gasteiger partial charge in [-0.3, -0.25) is 14.4 Å². The first-order valence-electron chi connectivity index (χ1n) is 24.0. The fraction of sp³-hybridized carbons (Fsp3) is 0.820. The van der Waals surface area contributed by atoms with Gasteiger partial charge in [-0.15, -0.1) is 0 Å². The number of esters is 3. The Labute approximate surface area is 346 Å². The third-order valence-corrected chi connectivity index (χ3v) is 10.4. The van der Waals surface area contributed by atoms with Gasteiger partial charge in [-0.25, -0.2) is 0 Å². The van der Waals surface area contributed by atoms with Crippen molar-refractivity contribution in [1.29, 1.82) is 0 Å². The van der Waals surface area contributed by atoms with E-state index in [-0.39, 0.29) is 31.1 Å². The minimum Gasteiger partial charge on any atom is -0.462 e. The van der Waals surface area contributed by atoms with Gasteiger partial charge in [0.25, 0.3) is 0 Å². The molecule has 0 bridgehead atoms. The summed E-state index contributed by atoms with van der Waals surface area (Å²) in [5, 5.41) is 0. The van der Waals surface area contributed by atoms with Gasteiger partial charge in [-0.1, -0.05) is 186 Å². The topological polar surface area (TPSA) is 78.9 Å². The maximum Gasteiger partial charge on any atom is 0.306 e. The van der Waals surface area contributed by atoms with Gasteiger partial charge >= 0.3 is 17.9 Å². The van der Waals surface area contributed by atoms with Crippen molar-refractivity contribution in [2.24, 2.45) is 0 Å². The van der Waals surface area contributed by atoms with E-state index in [4.69, 9.17) is 14.2 Å². The summed E-state index contributed by atoms with van der Waals surface area (Å²) in [6.45, 7) is 6.52. The number of unbranched alkanes of at least 4 members (excludes halogenated alkanes) is 26. The van der Waals surface area contributed by atoms with Crippen LogP contribution in [-0.4, -0.2) is 37.2 Å². The molecule has 0 radical (unpaired) electrons. The Hall–Kier alpha value is -2.37. The summed E-state index contributed by atoms with van der Waals surface area (Å²) < 4.78 is 16.6. The molecule has 0 aliphatic rings. The number of hydrogen-bond acceptors (Lipinski definition) is 6. The second-order valence-electron chi connectivity index (χ2n) is 16.0. The lowest BCUT2D eigenvalue weighted by Crippen LogP contribution is -2.30. The predicted octanol–water partition coefficient (Wildman–Crippen LogP) is 15.4. The fourth-order valence-corrected chi connectivity index (χ4v) is 6.70. The molecule has 0 aliphatic heterocycles. The van der Waals surface area contributed by atoms with Crippen LogP contribution in [0.2, 0.25) is 0 Å². The standard InChI is InChI=1S/C50H90O6/c1-4-7-10-13-15-17-19-21-23-25-27-28-30-32-34-37-40-43-49(52)55-46-47(45-54-48(51)42-39-36-12-9-6-3)56-50(53)44-41-38-35-33-31-29-26-24-22-20-18-16-14-11-8-5-2/h15,17,21,23-24,26,47H,4-14,16,18-20,22,25,27-46H2,1-3H3/b17-15-,23-21-,26-24-. The van der Waals surface area contributed by atoms with Gasteiger partial charge < -0.3 is 14.2 Å². The van der Waals surface area contributed by atoms with Crippen LogP contribution in [0.5, 0.6) is 0 Å². The zero-order chi connectivity index (χ0) is 40.8. The lowest BCUT2D eigenvalue weighted by atomic mass is 10.1. The molecule has 6 nitrogen and oxygen atoms in total. The largest absolute Gasteiger partial charge is 0.462 e. The van der Waals surface area contributed by atoms with Crippen LogP contribution in [0.3, 0.4) is 0 Å². The molecule has 326 valence electrons. The van der Waals surface area contributed by atoms with E-state index in [0.717, 1.165) is 83.5 Å². The first kappa shape index (κ1) is 53.6. The zero-order valence-corrected chi connectivity index (χ0v) is 37.2. The first-order valence-corrected chi connectivity index (χ1v) is 24.0. The monoisotopic (exact) mass is 787 g/mol. The second-order valence-corrected chi connectivity index (χ2v) is 16.0. The highest BCUT2D eigenvalue weighted by atomic mass is 16.6. The number of ether oxygens (including phenoxy) is 3. The van der Waals surface area contributed by atoms with Crippen molar-refractivity contribution in [1.82, 2.24) is 0 Å². The summed E-state index contributed by atoms with van der Waals surface area (Å²) in [7, 11) is 0. The highest BCUT2D eigenvalue weighted by Gasteiger charge is 2.19. The van der Waals surface area contributed by atoms with Crippen LogP contribution in [0, 0.1) is 0 Å². The molecule has 1 atom stereocenters. The molecule has 0 aromatic heterocycles. The molecule has 6 heteroatoms. The van der Waals surface area contributed by atoms with E-state index in [2.05, 4.69) is 57.2 Å². The van der Waals surface area contributed by atoms with Gasteiger partial charge in [0.1, 0.15) is 13.2 Å². The molecule has 1 unspecified atom stereocenters. The summed E-state index contributed by atoms with van der Waals surface area (Å²) in [5.41, 5.74) is 0. The molecule has 0 aromatic carbocycles. The van der Waals surface area contributed by atoms with E-state index in [1.165, 1.54) is 122 Å². The predicted molar refractivity (Wildman–Crippen MR) is 238 cm³/mol. The lowest BCUT2D eigenvalue weighted by molar-refractivity contribution is -0.167. The molecular weight excluding hydrogens is 697 g/mol. The van der Waals surface area contributed by atoms with Gasteiger partial charge in [0, 0.05) is 19.3 Å². The maximum atomic E-state index is 12.7. The molecule has 56 heavy (non-hydrogen) atoms. The van der Waals surface area contributed by atoms with Crippen LogP contribution in [-0.2, 0) is 28.6 Å². The molecule has 0 spiro atoms. The van der Waals surface area contributed by atoms with Crippen molar-refractivity contribution in [3.63, 3.8) is 0 Å². The van der Waals surface area contributed by atoms with E-state index in [1.54, 1.807) is 0 Å². The molecule has 0 amide bonds. The second kappa shape index (κ2) is 45.3. The average molecular weight is 787 g/mol. The highest BCUT2D eigenvalue weighted by molar-refractivity contribution is 5.71. The Balaban J connectivity index is 4.21. The van der Waals surface area contributed by atoms with Crippen LogP contribution >= 0.6 is 0 Å². The quantitative estimate of drug-likeness (QED) is 0.0265. The highest BCUT2D eigenvalue weighted by Crippen LogP contribution is 2.14. The summed E-state index contributed by atoms with van der Waals surface area (Å²) in [4.78, 5) is 37.5. The van der Waals surface area contributed by atoms with E-state index in [1.807, 2.05) is 0 Å². The molecule has 0 fully saturated rings. The average Bonchev–Trinajstić information content (AvgIpc) is 3.19. The molecule has 0 N–H and O–H groups in total. The van der Waals surface area contributed by atoms with E-state index in [0.29, 0.717) is 19.3 Å². The van der Waals surface area contributed by atoms with Crippen LogP contribution in [0.4, 0.5) is 0 Å². The van der Waals surface area contributed by atoms with E-state index in [9.17, 15) is 14.4 Å². The summed E-state index contributed by atoms with van der Waals surface area (Å²) in [5.74, 6) is -0.904. The molecule has 0 aliphatic carbocycles. The molecular formula is C50H90O6. The van der Waals surface area contributed by atoms with Gasteiger partial charge in [0.15, 0.2) is 6.10 Å². The normalized spacial score (nSPS) is 12.3. The maximum absolute atomic E-state index is 12.7. The summed E-state index contributed by atoms with van der Waals surface area (Å²) in [6.07, 6.45) is 51.5. The van der Waals surface area contributed by atoms with Crippen molar-refractivity contribution >= 4 is 17.9 Å². The molecule has 0 saturated heterocycles. The van der Waals surface area contributed by atoms with Gasteiger partial charge in [0.05, 0.1) is 0 Å². The van der Waals surface area contributed by atoms with Crippen LogP contribution in [0.15, 0.2) is 36.5 Å². The third kappa shape index (κ3) is 42.8. The van der Waals surface area contributed by atoms with Gasteiger partial charge in [-0.05, 0) is 77.0 Å². The van der Waals surface area contributed by atoms with Crippen molar-refractivity contribution in [2.75, 3.05) is 13.2 Å². The number of rotatable bonds is 43. The smallest absolute Gasteiger partial charge is 0.306 e. The zero-order valence-electron chi connectivity index (χ0n) is 37.2. The number of carbonyl (C=O) groups is 3. The number of allylic oxidation sites excluding steroid dienone is 6. The Morgan fingerprint density at radius 3 is 1.04 bits per heavy atom. The van der Waals surface area contributed by atoms with Crippen LogP contribution < -0.4 is 0 Å². The Bertz CT molecular complexity index is 953. The van der Waals surface area contributed by atoms with Crippen molar-refractivity contribution in [3.05, 3.63) is 36.5 Å². The SMILES string of the molecule is CCCCC/C=C\C/C=C\CCCCCCCCCC(=O)OCC(COC(=O)CCCCCCC)OC(=O)CCCCCCC/C=C\CCCCCCCCC. The fourth-order valence-electron chi connectivity index (χ4n) is 6.70. The lowest BCUT2D eigenvalue weighted by Gasteiger charge is -2.18. The van der Waals surface area contributed by atoms with Gasteiger partial charge in [0.2, 0.25) is 0 Å². The Kier molecular flexibility index (Phi) is 43.4. The third-order valence-electron chi connectivity index (χ3n) is 10.4. The van der Waals surface area contributed by atoms with Crippen LogP contribution in [0.1, 0.15) is 245 Å². The molecule has 0 rings (SSSR count). The van der Waals surface area contributed by atoms with Gasteiger partial charge in [-0.2, -0.15) is 0 Å². The van der Waals surface area contributed by atoms with Crippen molar-refractivity contribution < 1.29 is 28.6 Å².